The monoisotopic (exact) mass is 740 g/mol. The van der Waals surface area contributed by atoms with E-state index in [9.17, 15) is 52.0 Å². The van der Waals surface area contributed by atoms with Crippen molar-refractivity contribution in [2.75, 3.05) is 24.2 Å². The quantitative estimate of drug-likeness (QED) is 0.260. The van der Waals surface area contributed by atoms with Crippen molar-refractivity contribution < 1.29 is 42.4 Å². The average molecular weight is 741 g/mol. The molecule has 2 aromatic heterocycles. The number of carboxylic acids is 2. The predicted octanol–water partition coefficient (Wildman–Crippen LogP) is 0.843. The molecule has 0 unspecified atom stereocenters. The van der Waals surface area contributed by atoms with Gasteiger partial charge in [-0.1, -0.05) is 17.8 Å². The number of hydrogen-bond donors (Lipinski definition) is 3. The van der Waals surface area contributed by atoms with Gasteiger partial charge < -0.3 is 15.1 Å². The van der Waals surface area contributed by atoms with E-state index >= 15 is 0 Å². The van der Waals surface area contributed by atoms with Crippen molar-refractivity contribution in [3.63, 3.8) is 0 Å². The Morgan fingerprint density at radius 3 is 2.17 bits per heavy atom. The third-order valence-corrected chi connectivity index (χ3v) is 12.3. The summed E-state index contributed by atoms with van der Waals surface area (Å²) in [4.78, 5) is 78.8. The molecule has 0 spiro atoms. The fraction of sp³-hybridized carbons (Fsp3) is 0.259. The molecule has 2 aliphatic heterocycles. The highest BCUT2D eigenvalue weighted by Crippen LogP contribution is 2.46. The summed E-state index contributed by atoms with van der Waals surface area (Å²) in [6.07, 6.45) is 3.14. The fourth-order valence-electron chi connectivity index (χ4n) is 4.66. The second-order valence-electron chi connectivity index (χ2n) is 10.2. The minimum Gasteiger partial charge on any atom is -0.480 e. The number of anilines is 1. The van der Waals surface area contributed by atoms with Gasteiger partial charge in [-0.3, -0.25) is 47.4 Å². The summed E-state index contributed by atoms with van der Waals surface area (Å²) in [5, 5.41) is 19.0. The molecule has 3 aromatic rings. The Morgan fingerprint density at radius 2 is 1.57 bits per heavy atom. The molecule has 1 fully saturated rings. The molecule has 0 atom stereocenters. The van der Waals surface area contributed by atoms with Gasteiger partial charge in [0, 0.05) is 18.5 Å². The number of thiazole rings is 2. The molecule has 0 bridgehead atoms. The van der Waals surface area contributed by atoms with Gasteiger partial charge in [-0.05, 0) is 55.0 Å². The molecule has 0 aliphatic carbocycles. The van der Waals surface area contributed by atoms with Gasteiger partial charge >= 0.3 is 11.9 Å². The number of nitrogens with zero attached hydrogens (tertiary/aromatic N) is 4. The number of rotatable bonds is 9. The number of amides is 2. The van der Waals surface area contributed by atoms with Crippen LogP contribution in [0.5, 0.6) is 0 Å². The van der Waals surface area contributed by atoms with E-state index in [4.69, 9.17) is 0 Å². The van der Waals surface area contributed by atoms with E-state index in [-0.39, 0.29) is 36.3 Å². The summed E-state index contributed by atoms with van der Waals surface area (Å²) in [5.41, 5.74) is 0.116. The zero-order valence-electron chi connectivity index (χ0n) is 24.4. The Labute approximate surface area is 280 Å². The van der Waals surface area contributed by atoms with E-state index in [0.717, 1.165) is 41.5 Å². The fourth-order valence-corrected chi connectivity index (χ4v) is 9.55. The highest BCUT2D eigenvalue weighted by atomic mass is 32.2. The first kappa shape index (κ1) is 34.4. The summed E-state index contributed by atoms with van der Waals surface area (Å²) in [7, 11) is -2.96. The van der Waals surface area contributed by atoms with Crippen LogP contribution in [0.25, 0.3) is 11.0 Å². The lowest BCUT2D eigenvalue weighted by Gasteiger charge is -2.20. The molecule has 1 saturated heterocycles. The van der Waals surface area contributed by atoms with Crippen LogP contribution in [0.4, 0.5) is 10.5 Å². The number of aryl methyl sites for hydroxylation is 1. The molecule has 3 N–H and O–H groups in total. The molecule has 1 aromatic carbocycles. The van der Waals surface area contributed by atoms with Crippen molar-refractivity contribution in [1.82, 2.24) is 14.0 Å². The van der Waals surface area contributed by atoms with Crippen LogP contribution >= 0.6 is 46.2 Å². The Hall–Kier alpha value is -3.95. The highest BCUT2D eigenvalue weighted by Gasteiger charge is 2.34. The second kappa shape index (κ2) is 13.3. The summed E-state index contributed by atoms with van der Waals surface area (Å²) in [5.74, 6) is -4.00. The molecule has 2 amide bonds. The van der Waals surface area contributed by atoms with Crippen molar-refractivity contribution in [2.24, 2.45) is 0 Å². The predicted molar refractivity (Wildman–Crippen MR) is 176 cm³/mol. The first-order valence-electron chi connectivity index (χ1n) is 13.4. The van der Waals surface area contributed by atoms with Crippen LogP contribution in [0.2, 0.25) is 0 Å². The Kier molecular flexibility index (Phi) is 9.71. The first-order chi connectivity index (χ1) is 22.1. The topological polar surface area (TPSA) is 214 Å². The molecule has 4 heterocycles. The van der Waals surface area contributed by atoms with Crippen LogP contribution in [-0.4, -0.2) is 79.6 Å². The van der Waals surface area contributed by atoms with Gasteiger partial charge in [0.05, 0.1) is 21.0 Å². The van der Waals surface area contributed by atoms with Crippen molar-refractivity contribution in [1.29, 1.82) is 0 Å². The maximum Gasteiger partial charge on any atom is 0.323 e. The van der Waals surface area contributed by atoms with E-state index in [1.54, 1.807) is 6.08 Å². The van der Waals surface area contributed by atoms with E-state index in [2.05, 4.69) is 0 Å². The number of benzene rings is 1. The number of imide groups is 1. The number of aliphatic carboxylic acids is 2. The lowest BCUT2D eigenvalue weighted by molar-refractivity contribution is -0.138. The molecule has 2 aliphatic rings. The van der Waals surface area contributed by atoms with Crippen LogP contribution in [0.15, 0.2) is 43.8 Å². The molecule has 5 rings (SSSR count). The molecule has 47 heavy (non-hydrogen) atoms. The molecule has 248 valence electrons. The zero-order valence-corrected chi connectivity index (χ0v) is 28.4. The summed E-state index contributed by atoms with van der Waals surface area (Å²) < 4.78 is 33.2. The van der Waals surface area contributed by atoms with Gasteiger partial charge in [0.25, 0.3) is 32.4 Å². The van der Waals surface area contributed by atoms with Crippen LogP contribution in [0.3, 0.4) is 0 Å². The van der Waals surface area contributed by atoms with Gasteiger partial charge in [-0.25, -0.2) is 0 Å². The highest BCUT2D eigenvalue weighted by molar-refractivity contribution is 8.23. The number of thioether (sulfide) groups is 2. The van der Waals surface area contributed by atoms with Crippen molar-refractivity contribution in [3.05, 3.63) is 74.0 Å². The van der Waals surface area contributed by atoms with E-state index in [1.165, 1.54) is 24.9 Å². The van der Waals surface area contributed by atoms with Crippen LogP contribution in [0, 0.1) is 16.1 Å². The summed E-state index contributed by atoms with van der Waals surface area (Å²) >= 11 is 3.34. The SMILES string of the molecule is Cc1ccc2c(c1)N(CCCS(=O)(=O)O)C(=CC=c1s/c(=c3/s/c(=C4/SC(=O)N(C)C4=O)n(CC(=O)O)c3=O)n(CC(=O)O)c1=O)S2. The number of carboxylic acid groups (broad SMARTS) is 2. The molecule has 0 radical (unpaired) electrons. The molecule has 15 nitrogen and oxygen atoms in total. The Balaban J connectivity index is 1.73. The number of aromatic nitrogens is 2. The van der Waals surface area contributed by atoms with E-state index in [0.29, 0.717) is 28.1 Å². The minimum absolute atomic E-state index is 0.0346. The van der Waals surface area contributed by atoms with Crippen molar-refractivity contribution in [3.8, 4) is 0 Å². The second-order valence-corrected chi connectivity index (χ2v) is 15.8. The summed E-state index contributed by atoms with van der Waals surface area (Å²) in [6.45, 7) is 0.428. The normalized spacial score (nSPS) is 18.1. The molecule has 20 heteroatoms. The Morgan fingerprint density at radius 1 is 0.915 bits per heavy atom. The maximum atomic E-state index is 13.6. The minimum atomic E-state index is -4.19. The van der Waals surface area contributed by atoms with Crippen LogP contribution < -0.4 is 25.2 Å². The number of carbonyl (C=O) groups excluding carboxylic acids is 2. The van der Waals surface area contributed by atoms with Gasteiger partial charge in [-0.2, -0.15) is 8.42 Å². The lowest BCUT2D eigenvalue weighted by Crippen LogP contribution is -2.32. The first-order valence-corrected chi connectivity index (χ1v) is 18.3. The number of carbonyl (C=O) groups is 4. The smallest absolute Gasteiger partial charge is 0.323 e. The van der Waals surface area contributed by atoms with E-state index < -0.39 is 63.2 Å². The number of fused-ring (bicyclic) bond motifs is 1. The van der Waals surface area contributed by atoms with Crippen LogP contribution in [0.1, 0.15) is 12.0 Å². The standard InChI is InChI=1S/C27H24N4O11S5/c1-13-4-5-15-14(10-13)29(8-3-9-47(40,41)42)17(43-15)7-6-16-22(36)30(11-18(32)33)25(44-16)21-24(38)31(12-19(34)35)26(45-21)20-23(37)28(2)27(39)46-20/h4-7,10H,3,8-9,11-12H2,1-2H3,(H,32,33)(H,34,35)(H,40,41,42)/b16-6?,17-7?,25-21+,26-20+. The third-order valence-electron chi connectivity index (χ3n) is 6.78. The van der Waals surface area contributed by atoms with Gasteiger partial charge in [0.1, 0.15) is 31.9 Å². The number of allylic oxidation sites excluding steroid dienone is 1. The Bertz CT molecular complexity index is 2350. The molecule has 0 saturated carbocycles. The van der Waals surface area contributed by atoms with Crippen molar-refractivity contribution in [2.45, 2.75) is 31.3 Å². The van der Waals surface area contributed by atoms with Crippen molar-refractivity contribution >= 4 is 96.1 Å². The van der Waals surface area contributed by atoms with Crippen LogP contribution in [-0.2, 0) is 37.6 Å². The average Bonchev–Trinajstić information content (AvgIpc) is 3.66. The number of hydrogen-bond acceptors (Lipinski definition) is 13. The van der Waals surface area contributed by atoms with E-state index in [1.807, 2.05) is 30.0 Å². The van der Waals surface area contributed by atoms with Gasteiger partial charge in [-0.15, -0.1) is 22.7 Å². The summed E-state index contributed by atoms with van der Waals surface area (Å²) in [6, 6.07) is 5.70. The maximum absolute atomic E-state index is 13.6. The third kappa shape index (κ3) is 7.16. The largest absolute Gasteiger partial charge is 0.480 e. The lowest BCUT2D eigenvalue weighted by atomic mass is 10.2. The zero-order chi connectivity index (χ0) is 34.4. The van der Waals surface area contributed by atoms with Gasteiger partial charge in [0.2, 0.25) is 0 Å². The molecular formula is C27H24N4O11S5. The molecular weight excluding hydrogens is 717 g/mol. The van der Waals surface area contributed by atoms with Gasteiger partial charge in [0.15, 0.2) is 0 Å².